The molecule has 1 N–H and O–H groups in total. The van der Waals surface area contributed by atoms with Crippen LogP contribution in [0, 0.1) is 10.1 Å². The van der Waals surface area contributed by atoms with E-state index in [-0.39, 0.29) is 16.3 Å². The van der Waals surface area contributed by atoms with E-state index in [1.165, 1.54) is 30.5 Å². The molecule has 6 nitrogen and oxygen atoms in total. The summed E-state index contributed by atoms with van der Waals surface area (Å²) in [7, 11) is 0. The van der Waals surface area contributed by atoms with Crippen LogP contribution < -0.4 is 5.43 Å². The van der Waals surface area contributed by atoms with Crippen molar-refractivity contribution in [1.82, 2.24) is 5.43 Å². The van der Waals surface area contributed by atoms with E-state index in [1.807, 2.05) is 0 Å². The van der Waals surface area contributed by atoms with Crippen LogP contribution in [-0.4, -0.2) is 17.0 Å². The summed E-state index contributed by atoms with van der Waals surface area (Å²) in [4.78, 5) is 21.9. The lowest BCUT2D eigenvalue weighted by Gasteiger charge is -2.02. The number of allylic oxidation sites excluding steroid dienone is 1. The van der Waals surface area contributed by atoms with Crippen LogP contribution >= 0.6 is 23.2 Å². The molecule has 0 atom stereocenters. The molecule has 0 aliphatic rings. The Balaban J connectivity index is 1.92. The van der Waals surface area contributed by atoms with Gasteiger partial charge >= 0.3 is 0 Å². The second-order valence-corrected chi connectivity index (χ2v) is 5.39. The lowest BCUT2D eigenvalue weighted by Crippen LogP contribution is -2.17. The topological polar surface area (TPSA) is 84.6 Å². The normalized spacial score (nSPS) is 11.1. The number of amides is 1. The third-order valence-corrected chi connectivity index (χ3v) is 3.44. The molecule has 0 bridgehead atoms. The van der Waals surface area contributed by atoms with Crippen molar-refractivity contribution in [2.24, 2.45) is 5.10 Å². The molecule has 0 saturated carbocycles. The molecule has 0 radical (unpaired) electrons. The van der Waals surface area contributed by atoms with Crippen molar-refractivity contribution >= 4 is 47.1 Å². The maximum absolute atomic E-state index is 11.9. The van der Waals surface area contributed by atoms with E-state index < -0.39 is 10.8 Å². The molecule has 122 valence electrons. The Morgan fingerprint density at radius 3 is 2.50 bits per heavy atom. The number of nitro groups is 1. The molecule has 0 aliphatic heterocycles. The van der Waals surface area contributed by atoms with Crippen LogP contribution in [0.2, 0.25) is 10.0 Å². The van der Waals surface area contributed by atoms with E-state index in [1.54, 1.807) is 30.4 Å². The third-order valence-electron chi connectivity index (χ3n) is 2.90. The highest BCUT2D eigenvalue weighted by atomic mass is 35.5. The first-order chi connectivity index (χ1) is 11.5. The zero-order chi connectivity index (χ0) is 17.5. The van der Waals surface area contributed by atoms with Gasteiger partial charge in [-0.1, -0.05) is 29.3 Å². The van der Waals surface area contributed by atoms with Crippen LogP contribution in [0.1, 0.15) is 15.9 Å². The Hall–Kier alpha value is -2.70. The number of carbonyl (C=O) groups excluding carboxylic acids is 1. The summed E-state index contributed by atoms with van der Waals surface area (Å²) in [6.07, 6.45) is 4.66. The van der Waals surface area contributed by atoms with E-state index in [4.69, 9.17) is 23.2 Å². The number of carbonyl (C=O) groups is 1. The van der Waals surface area contributed by atoms with Crippen LogP contribution in [0.5, 0.6) is 0 Å². The lowest BCUT2D eigenvalue weighted by molar-refractivity contribution is -0.384. The third kappa shape index (κ3) is 4.91. The molecular weight excluding hydrogens is 353 g/mol. The number of hydrazone groups is 1. The Kier molecular flexibility index (Phi) is 6.06. The number of hydrogen-bond donors (Lipinski definition) is 1. The number of non-ortho nitro benzene ring substituents is 1. The van der Waals surface area contributed by atoms with Gasteiger partial charge in [0.05, 0.1) is 15.5 Å². The summed E-state index contributed by atoms with van der Waals surface area (Å²) in [6.45, 7) is 0. The van der Waals surface area contributed by atoms with Gasteiger partial charge in [0.1, 0.15) is 0 Å². The van der Waals surface area contributed by atoms with Crippen molar-refractivity contribution in [3.63, 3.8) is 0 Å². The Morgan fingerprint density at radius 1 is 1.17 bits per heavy atom. The summed E-state index contributed by atoms with van der Waals surface area (Å²) >= 11 is 11.7. The smallest absolute Gasteiger partial charge is 0.267 e. The number of nitrogens with one attached hydrogen (secondary N) is 1. The first kappa shape index (κ1) is 17.7. The maximum Gasteiger partial charge on any atom is 0.272 e. The number of rotatable bonds is 5. The molecule has 24 heavy (non-hydrogen) atoms. The van der Waals surface area contributed by atoms with Gasteiger partial charge in [0, 0.05) is 23.4 Å². The van der Waals surface area contributed by atoms with Crippen LogP contribution in [0.3, 0.4) is 0 Å². The minimum Gasteiger partial charge on any atom is -0.267 e. The average Bonchev–Trinajstić information content (AvgIpc) is 2.54. The van der Waals surface area contributed by atoms with Gasteiger partial charge in [-0.2, -0.15) is 5.10 Å². The molecular formula is C16H11Cl2N3O3. The second-order valence-electron chi connectivity index (χ2n) is 4.55. The van der Waals surface area contributed by atoms with E-state index in [2.05, 4.69) is 10.5 Å². The van der Waals surface area contributed by atoms with Gasteiger partial charge in [-0.25, -0.2) is 5.43 Å². The first-order valence-electron chi connectivity index (χ1n) is 6.67. The van der Waals surface area contributed by atoms with Gasteiger partial charge in [0.25, 0.3) is 11.6 Å². The molecule has 0 heterocycles. The standard InChI is InChI=1S/C16H11Cl2N3O3/c17-12-5-8-14(15(18)10-12)16(22)20-19-9-1-2-11-3-6-13(7-4-11)21(23)24/h1-10H,(H,20,22). The number of hydrogen-bond acceptors (Lipinski definition) is 4. The molecule has 0 spiro atoms. The number of halogens is 2. The summed E-state index contributed by atoms with van der Waals surface area (Å²) in [5.41, 5.74) is 3.38. The molecule has 0 aromatic heterocycles. The van der Waals surface area contributed by atoms with E-state index in [0.29, 0.717) is 5.02 Å². The summed E-state index contributed by atoms with van der Waals surface area (Å²) in [5, 5.41) is 15.0. The molecule has 0 fully saturated rings. The molecule has 2 aromatic carbocycles. The Morgan fingerprint density at radius 2 is 1.88 bits per heavy atom. The monoisotopic (exact) mass is 363 g/mol. The molecule has 2 aromatic rings. The van der Waals surface area contributed by atoms with Crippen molar-refractivity contribution in [2.75, 3.05) is 0 Å². The predicted octanol–water partition coefficient (Wildman–Crippen LogP) is 4.33. The van der Waals surface area contributed by atoms with Gasteiger partial charge < -0.3 is 0 Å². The summed E-state index contributed by atoms with van der Waals surface area (Å²) < 4.78 is 0. The molecule has 0 unspecified atom stereocenters. The van der Waals surface area contributed by atoms with Crippen molar-refractivity contribution in [1.29, 1.82) is 0 Å². The SMILES string of the molecule is O=C(NN=CC=Cc1ccc([N+](=O)[O-])cc1)c1ccc(Cl)cc1Cl. The highest BCUT2D eigenvalue weighted by Gasteiger charge is 2.09. The highest BCUT2D eigenvalue weighted by molar-refractivity contribution is 6.36. The molecule has 1 amide bonds. The fraction of sp³-hybridized carbons (Fsp3) is 0. The van der Waals surface area contributed by atoms with Crippen molar-refractivity contribution in [3.8, 4) is 0 Å². The highest BCUT2D eigenvalue weighted by Crippen LogP contribution is 2.20. The fourth-order valence-corrected chi connectivity index (χ4v) is 2.23. The summed E-state index contributed by atoms with van der Waals surface area (Å²) in [6, 6.07) is 10.5. The van der Waals surface area contributed by atoms with E-state index in [0.717, 1.165) is 5.56 Å². The predicted molar refractivity (Wildman–Crippen MR) is 94.6 cm³/mol. The number of benzene rings is 2. The zero-order valence-electron chi connectivity index (χ0n) is 12.1. The van der Waals surface area contributed by atoms with Crippen molar-refractivity contribution in [2.45, 2.75) is 0 Å². The average molecular weight is 364 g/mol. The molecule has 0 saturated heterocycles. The molecule has 0 aliphatic carbocycles. The van der Waals surface area contributed by atoms with Crippen LogP contribution in [0.25, 0.3) is 6.08 Å². The number of nitrogens with zero attached hydrogens (tertiary/aromatic N) is 2. The molecule has 2 rings (SSSR count). The van der Waals surface area contributed by atoms with Gasteiger partial charge in [-0.3, -0.25) is 14.9 Å². The minimum absolute atomic E-state index is 0.0212. The zero-order valence-corrected chi connectivity index (χ0v) is 13.7. The van der Waals surface area contributed by atoms with Crippen LogP contribution in [0.4, 0.5) is 5.69 Å². The first-order valence-corrected chi connectivity index (χ1v) is 7.42. The van der Waals surface area contributed by atoms with Crippen molar-refractivity contribution in [3.05, 3.63) is 79.8 Å². The minimum atomic E-state index is -0.466. The molecule has 8 heteroatoms. The fourth-order valence-electron chi connectivity index (χ4n) is 1.73. The second kappa shape index (κ2) is 8.24. The number of nitro benzene ring substituents is 1. The Bertz CT molecular complexity index is 818. The van der Waals surface area contributed by atoms with Gasteiger partial charge in [0.2, 0.25) is 0 Å². The quantitative estimate of drug-likeness (QED) is 0.487. The van der Waals surface area contributed by atoms with E-state index in [9.17, 15) is 14.9 Å². The van der Waals surface area contributed by atoms with Crippen LogP contribution in [-0.2, 0) is 0 Å². The lowest BCUT2D eigenvalue weighted by atomic mass is 10.2. The largest absolute Gasteiger partial charge is 0.272 e. The summed E-state index contributed by atoms with van der Waals surface area (Å²) in [5.74, 6) is -0.461. The maximum atomic E-state index is 11.9. The van der Waals surface area contributed by atoms with E-state index >= 15 is 0 Å². The van der Waals surface area contributed by atoms with Crippen LogP contribution in [0.15, 0.2) is 53.6 Å². The van der Waals surface area contributed by atoms with Gasteiger partial charge in [-0.15, -0.1) is 0 Å². The Labute approximate surface area is 147 Å². The van der Waals surface area contributed by atoms with Gasteiger partial charge in [-0.05, 0) is 42.0 Å². The van der Waals surface area contributed by atoms with Gasteiger partial charge in [0.15, 0.2) is 0 Å². The van der Waals surface area contributed by atoms with Crippen molar-refractivity contribution < 1.29 is 9.72 Å².